The van der Waals surface area contributed by atoms with Crippen molar-refractivity contribution < 1.29 is 13.2 Å². The molecule has 0 fully saturated rings. The molecule has 2 rings (SSSR count). The van der Waals surface area contributed by atoms with Crippen LogP contribution in [0.15, 0.2) is 47.4 Å². The summed E-state index contributed by atoms with van der Waals surface area (Å²) in [5, 5.41) is 3.35. The molecule has 0 bridgehead atoms. The van der Waals surface area contributed by atoms with Crippen LogP contribution in [0.3, 0.4) is 0 Å². The first-order chi connectivity index (χ1) is 11.8. The smallest absolute Gasteiger partial charge is 0.255 e. The van der Waals surface area contributed by atoms with Crippen LogP contribution in [0.1, 0.15) is 35.7 Å². The summed E-state index contributed by atoms with van der Waals surface area (Å²) >= 11 is 6.04. The highest BCUT2D eigenvalue weighted by atomic mass is 35.5. The number of hydrogen-bond donors (Lipinski definition) is 2. The van der Waals surface area contributed by atoms with Gasteiger partial charge in [0, 0.05) is 22.8 Å². The van der Waals surface area contributed by atoms with Crippen molar-refractivity contribution in [1.82, 2.24) is 4.72 Å². The number of benzene rings is 2. The van der Waals surface area contributed by atoms with Crippen LogP contribution in [0.5, 0.6) is 0 Å². The molecule has 0 unspecified atom stereocenters. The van der Waals surface area contributed by atoms with Crippen molar-refractivity contribution in [3.8, 4) is 0 Å². The monoisotopic (exact) mass is 380 g/mol. The molecular formula is C18H21ClN2O3S. The Morgan fingerprint density at radius 2 is 1.80 bits per heavy atom. The first kappa shape index (κ1) is 19.4. The third kappa shape index (κ3) is 5.04. The minimum absolute atomic E-state index is 0.138. The van der Waals surface area contributed by atoms with Crippen LogP contribution in [-0.4, -0.2) is 20.9 Å². The number of sulfonamides is 1. The number of amides is 1. The summed E-state index contributed by atoms with van der Waals surface area (Å²) in [6.45, 7) is 4.20. The molecule has 0 spiro atoms. The van der Waals surface area contributed by atoms with Gasteiger partial charge in [0.1, 0.15) is 0 Å². The first-order valence-electron chi connectivity index (χ1n) is 8.01. The zero-order valence-electron chi connectivity index (χ0n) is 14.2. The maximum absolute atomic E-state index is 12.3. The lowest BCUT2D eigenvalue weighted by Gasteiger charge is -2.10. The molecule has 134 valence electrons. The molecule has 0 aliphatic carbocycles. The molecule has 2 aromatic rings. The average Bonchev–Trinajstić information content (AvgIpc) is 2.59. The molecule has 2 N–H and O–H groups in total. The van der Waals surface area contributed by atoms with E-state index in [-0.39, 0.29) is 10.8 Å². The maximum atomic E-state index is 12.3. The Hall–Kier alpha value is -1.89. The van der Waals surface area contributed by atoms with Crippen molar-refractivity contribution in [1.29, 1.82) is 0 Å². The van der Waals surface area contributed by atoms with Gasteiger partial charge in [0.05, 0.1) is 4.90 Å². The summed E-state index contributed by atoms with van der Waals surface area (Å²) in [6, 6.07) is 11.1. The third-order valence-electron chi connectivity index (χ3n) is 3.77. The molecule has 0 radical (unpaired) electrons. The van der Waals surface area contributed by atoms with Crippen LogP contribution in [0, 0.1) is 6.92 Å². The molecule has 0 aromatic heterocycles. The normalized spacial score (nSPS) is 11.3. The van der Waals surface area contributed by atoms with Crippen LogP contribution < -0.4 is 10.0 Å². The van der Waals surface area contributed by atoms with Gasteiger partial charge in [-0.05, 0) is 55.3 Å². The van der Waals surface area contributed by atoms with Gasteiger partial charge < -0.3 is 5.32 Å². The van der Waals surface area contributed by atoms with Gasteiger partial charge in [0.2, 0.25) is 10.0 Å². The Kier molecular flexibility index (Phi) is 6.58. The summed E-state index contributed by atoms with van der Waals surface area (Å²) in [5.41, 5.74) is 1.76. The Labute approximate surface area is 153 Å². The minimum Gasteiger partial charge on any atom is -0.322 e. The van der Waals surface area contributed by atoms with E-state index in [0.717, 1.165) is 18.4 Å². The fourth-order valence-electron chi connectivity index (χ4n) is 2.19. The van der Waals surface area contributed by atoms with Crippen molar-refractivity contribution in [2.75, 3.05) is 11.9 Å². The van der Waals surface area contributed by atoms with E-state index in [4.69, 9.17) is 11.6 Å². The molecule has 0 saturated carbocycles. The summed E-state index contributed by atoms with van der Waals surface area (Å²) in [7, 11) is -3.55. The quantitative estimate of drug-likeness (QED) is 0.713. The second-order valence-electron chi connectivity index (χ2n) is 5.64. The second-order valence-corrected chi connectivity index (χ2v) is 7.82. The molecule has 0 atom stereocenters. The van der Waals surface area contributed by atoms with Crippen LogP contribution in [0.2, 0.25) is 5.02 Å². The number of halogens is 1. The van der Waals surface area contributed by atoms with Crippen LogP contribution in [0.4, 0.5) is 5.69 Å². The number of anilines is 1. The molecule has 7 heteroatoms. The van der Waals surface area contributed by atoms with E-state index in [9.17, 15) is 13.2 Å². The lowest BCUT2D eigenvalue weighted by atomic mass is 10.1. The fraction of sp³-hybridized carbons (Fsp3) is 0.278. The summed E-state index contributed by atoms with van der Waals surface area (Å²) in [4.78, 5) is 12.5. The van der Waals surface area contributed by atoms with Gasteiger partial charge in [-0.15, -0.1) is 0 Å². The molecule has 0 heterocycles. The minimum atomic E-state index is -3.55. The first-order valence-corrected chi connectivity index (χ1v) is 9.87. The van der Waals surface area contributed by atoms with E-state index in [1.807, 2.05) is 13.8 Å². The highest BCUT2D eigenvalue weighted by Gasteiger charge is 2.15. The Bertz CT molecular complexity index is 849. The molecular weight excluding hydrogens is 360 g/mol. The van der Waals surface area contributed by atoms with E-state index >= 15 is 0 Å². The Balaban J connectivity index is 2.11. The third-order valence-corrected chi connectivity index (χ3v) is 5.65. The highest BCUT2D eigenvalue weighted by molar-refractivity contribution is 7.89. The zero-order valence-corrected chi connectivity index (χ0v) is 15.7. The predicted octanol–water partition coefficient (Wildman–Crippen LogP) is 3.98. The molecule has 0 aliphatic heterocycles. The average molecular weight is 381 g/mol. The van der Waals surface area contributed by atoms with Crippen molar-refractivity contribution >= 4 is 33.2 Å². The van der Waals surface area contributed by atoms with E-state index in [1.54, 1.807) is 18.2 Å². The molecule has 25 heavy (non-hydrogen) atoms. The van der Waals surface area contributed by atoms with E-state index in [0.29, 0.717) is 22.8 Å². The fourth-order valence-corrected chi connectivity index (χ4v) is 3.44. The summed E-state index contributed by atoms with van der Waals surface area (Å²) < 4.78 is 26.8. The molecule has 2 aromatic carbocycles. The maximum Gasteiger partial charge on any atom is 0.255 e. The van der Waals surface area contributed by atoms with Crippen molar-refractivity contribution in [2.45, 2.75) is 31.6 Å². The van der Waals surface area contributed by atoms with Gasteiger partial charge in [-0.3, -0.25) is 4.79 Å². The molecule has 5 nitrogen and oxygen atoms in total. The summed E-state index contributed by atoms with van der Waals surface area (Å²) in [6.07, 6.45) is 1.68. The SMILES string of the molecule is CCCCNS(=O)(=O)c1ccc(C(=O)Nc2cccc(Cl)c2C)cc1. The van der Waals surface area contributed by atoms with Crippen molar-refractivity contribution in [3.05, 3.63) is 58.6 Å². The van der Waals surface area contributed by atoms with Gasteiger partial charge in [-0.1, -0.05) is 31.0 Å². The number of nitrogens with one attached hydrogen (secondary N) is 2. The van der Waals surface area contributed by atoms with E-state index in [2.05, 4.69) is 10.0 Å². The lowest BCUT2D eigenvalue weighted by molar-refractivity contribution is 0.102. The van der Waals surface area contributed by atoms with Crippen LogP contribution >= 0.6 is 11.6 Å². The number of rotatable bonds is 7. The van der Waals surface area contributed by atoms with Crippen LogP contribution in [0.25, 0.3) is 0 Å². The van der Waals surface area contributed by atoms with Gasteiger partial charge in [-0.25, -0.2) is 13.1 Å². The summed E-state index contributed by atoms with van der Waals surface area (Å²) in [5.74, 6) is -0.326. The van der Waals surface area contributed by atoms with E-state index in [1.165, 1.54) is 24.3 Å². The van der Waals surface area contributed by atoms with Crippen molar-refractivity contribution in [3.63, 3.8) is 0 Å². The second kappa shape index (κ2) is 8.47. The van der Waals surface area contributed by atoms with Crippen molar-refractivity contribution in [2.24, 2.45) is 0 Å². The Morgan fingerprint density at radius 1 is 1.12 bits per heavy atom. The van der Waals surface area contributed by atoms with Gasteiger partial charge in [-0.2, -0.15) is 0 Å². The molecule has 0 saturated heterocycles. The van der Waals surface area contributed by atoms with Gasteiger partial charge in [0.25, 0.3) is 5.91 Å². The standard InChI is InChI=1S/C18H21ClN2O3S/c1-3-4-12-20-25(23,24)15-10-8-14(9-11-15)18(22)21-17-7-5-6-16(19)13(17)2/h5-11,20H,3-4,12H2,1-2H3,(H,21,22). The predicted molar refractivity (Wildman–Crippen MR) is 101 cm³/mol. The molecule has 1 amide bonds. The lowest BCUT2D eigenvalue weighted by Crippen LogP contribution is -2.24. The number of hydrogen-bond acceptors (Lipinski definition) is 3. The zero-order chi connectivity index (χ0) is 18.4. The van der Waals surface area contributed by atoms with Crippen LogP contribution in [-0.2, 0) is 10.0 Å². The highest BCUT2D eigenvalue weighted by Crippen LogP contribution is 2.23. The number of unbranched alkanes of at least 4 members (excludes halogenated alkanes) is 1. The Morgan fingerprint density at radius 3 is 2.44 bits per heavy atom. The number of carbonyl (C=O) groups excluding carboxylic acids is 1. The van der Waals surface area contributed by atoms with Gasteiger partial charge in [0.15, 0.2) is 0 Å². The number of carbonyl (C=O) groups is 1. The molecule has 0 aliphatic rings. The topological polar surface area (TPSA) is 75.3 Å². The van der Waals surface area contributed by atoms with Gasteiger partial charge >= 0.3 is 0 Å². The largest absolute Gasteiger partial charge is 0.322 e. The van der Waals surface area contributed by atoms with E-state index < -0.39 is 10.0 Å².